The number of methoxy groups -OCH3 is 1. The third kappa shape index (κ3) is 3.58. The fourth-order valence-corrected chi connectivity index (χ4v) is 3.87. The highest BCUT2D eigenvalue weighted by molar-refractivity contribution is 7.98. The Kier molecular flexibility index (Phi) is 4.89. The Labute approximate surface area is 153 Å². The van der Waals surface area contributed by atoms with Crippen molar-refractivity contribution in [3.05, 3.63) is 40.2 Å². The summed E-state index contributed by atoms with van der Waals surface area (Å²) in [5, 5.41) is 13.5. The van der Waals surface area contributed by atoms with Gasteiger partial charge < -0.3 is 13.9 Å². The quantitative estimate of drug-likeness (QED) is 0.479. The molecule has 2 aromatic heterocycles. The maximum Gasteiger partial charge on any atom is 0.336 e. The highest BCUT2D eigenvalue weighted by Crippen LogP contribution is 2.27. The van der Waals surface area contributed by atoms with E-state index in [2.05, 4.69) is 15.5 Å². The van der Waals surface area contributed by atoms with Gasteiger partial charge >= 0.3 is 5.63 Å². The summed E-state index contributed by atoms with van der Waals surface area (Å²) in [7, 11) is 1.58. The molecule has 0 aliphatic carbocycles. The number of rotatable bonds is 6. The molecule has 1 aromatic carbocycles. The molecule has 0 radical (unpaired) electrons. The van der Waals surface area contributed by atoms with Gasteiger partial charge in [0, 0.05) is 29.9 Å². The molecule has 0 saturated carbocycles. The number of hydrogen-bond acceptors (Lipinski definition) is 8. The summed E-state index contributed by atoms with van der Waals surface area (Å²) in [6.07, 6.45) is 2.26. The van der Waals surface area contributed by atoms with Gasteiger partial charge in [0.1, 0.15) is 11.3 Å². The first-order valence-corrected chi connectivity index (χ1v) is 9.33. The predicted octanol–water partition coefficient (Wildman–Crippen LogP) is 2.26. The van der Waals surface area contributed by atoms with Gasteiger partial charge in [0.05, 0.1) is 19.8 Å². The number of thioether (sulfide) groups is 1. The van der Waals surface area contributed by atoms with E-state index >= 15 is 0 Å². The van der Waals surface area contributed by atoms with E-state index in [1.807, 2.05) is 12.1 Å². The van der Waals surface area contributed by atoms with E-state index in [0.29, 0.717) is 28.8 Å². The molecule has 0 spiro atoms. The number of hydrogen-bond donors (Lipinski definition) is 0. The smallest absolute Gasteiger partial charge is 0.336 e. The molecule has 1 aliphatic heterocycles. The van der Waals surface area contributed by atoms with Crippen molar-refractivity contribution in [2.75, 3.05) is 13.7 Å². The van der Waals surface area contributed by atoms with Crippen molar-refractivity contribution < 1.29 is 13.9 Å². The first-order valence-electron chi connectivity index (χ1n) is 8.34. The fourth-order valence-electron chi connectivity index (χ4n) is 2.99. The predicted molar refractivity (Wildman–Crippen MR) is 95.4 cm³/mol. The average molecular weight is 374 g/mol. The first-order chi connectivity index (χ1) is 12.7. The lowest BCUT2D eigenvalue weighted by atomic mass is 10.1. The minimum Gasteiger partial charge on any atom is -0.497 e. The third-order valence-electron chi connectivity index (χ3n) is 4.29. The lowest BCUT2D eigenvalue weighted by Crippen LogP contribution is -2.16. The number of tetrazole rings is 1. The van der Waals surface area contributed by atoms with Gasteiger partial charge in [-0.05, 0) is 41.0 Å². The molecule has 1 fully saturated rings. The van der Waals surface area contributed by atoms with Crippen LogP contribution in [0.2, 0.25) is 0 Å². The zero-order valence-corrected chi connectivity index (χ0v) is 15.1. The zero-order valence-electron chi connectivity index (χ0n) is 14.3. The summed E-state index contributed by atoms with van der Waals surface area (Å²) in [6, 6.07) is 6.96. The van der Waals surface area contributed by atoms with Crippen LogP contribution < -0.4 is 10.4 Å². The van der Waals surface area contributed by atoms with Crippen LogP contribution in [0.3, 0.4) is 0 Å². The van der Waals surface area contributed by atoms with Crippen LogP contribution in [0, 0.1) is 0 Å². The van der Waals surface area contributed by atoms with E-state index in [1.54, 1.807) is 17.9 Å². The molecule has 3 heterocycles. The van der Waals surface area contributed by atoms with E-state index in [-0.39, 0.29) is 11.7 Å². The maximum atomic E-state index is 11.9. The molecule has 26 heavy (non-hydrogen) atoms. The third-order valence-corrected chi connectivity index (χ3v) is 5.30. The molecular weight excluding hydrogens is 356 g/mol. The van der Waals surface area contributed by atoms with Crippen molar-refractivity contribution in [2.24, 2.45) is 0 Å². The van der Waals surface area contributed by atoms with E-state index in [4.69, 9.17) is 13.9 Å². The van der Waals surface area contributed by atoms with Gasteiger partial charge in [-0.2, -0.15) is 0 Å². The number of aromatic nitrogens is 4. The summed E-state index contributed by atoms with van der Waals surface area (Å²) in [5.41, 5.74) is 0.988. The molecular formula is C17H18N4O4S. The second-order valence-corrected chi connectivity index (χ2v) is 6.96. The van der Waals surface area contributed by atoms with Crippen LogP contribution in [-0.4, -0.2) is 40.0 Å². The molecule has 1 saturated heterocycles. The zero-order chi connectivity index (χ0) is 17.9. The normalized spacial score (nSPS) is 17.0. The molecule has 1 aliphatic rings. The van der Waals surface area contributed by atoms with Gasteiger partial charge in [-0.25, -0.2) is 9.48 Å². The molecule has 0 N–H and O–H groups in total. The Balaban J connectivity index is 1.55. The Morgan fingerprint density at radius 2 is 2.31 bits per heavy atom. The van der Waals surface area contributed by atoms with Gasteiger partial charge in [0.25, 0.3) is 0 Å². The van der Waals surface area contributed by atoms with Gasteiger partial charge in [0.2, 0.25) is 5.16 Å². The molecule has 0 bridgehead atoms. The molecule has 136 valence electrons. The molecule has 3 aromatic rings. The molecule has 1 unspecified atom stereocenters. The SMILES string of the molecule is COc1ccc2c(CSc3nnnn3CC3CCCO3)cc(=O)oc2c1. The summed E-state index contributed by atoms with van der Waals surface area (Å²) < 4.78 is 17.9. The van der Waals surface area contributed by atoms with Crippen molar-refractivity contribution in [1.82, 2.24) is 20.2 Å². The fraction of sp³-hybridized carbons (Fsp3) is 0.412. The number of nitrogens with zero attached hydrogens (tertiary/aromatic N) is 4. The van der Waals surface area contributed by atoms with Crippen molar-refractivity contribution in [1.29, 1.82) is 0 Å². The van der Waals surface area contributed by atoms with Gasteiger partial charge in [0.15, 0.2) is 0 Å². The molecule has 9 heteroatoms. The second-order valence-electron chi connectivity index (χ2n) is 6.02. The number of benzene rings is 1. The summed E-state index contributed by atoms with van der Waals surface area (Å²) in [4.78, 5) is 11.9. The lowest BCUT2D eigenvalue weighted by molar-refractivity contribution is 0.0912. The van der Waals surface area contributed by atoms with E-state index in [9.17, 15) is 4.79 Å². The standard InChI is InChI=1S/C17H18N4O4S/c1-23-12-4-5-14-11(7-16(22)25-15(14)8-12)10-26-17-18-19-20-21(17)9-13-3-2-6-24-13/h4-5,7-8,13H,2-3,6,9-10H2,1H3. The van der Waals surface area contributed by atoms with E-state index in [0.717, 1.165) is 30.4 Å². The summed E-state index contributed by atoms with van der Waals surface area (Å²) in [6.45, 7) is 1.44. The van der Waals surface area contributed by atoms with Gasteiger partial charge in [-0.3, -0.25) is 0 Å². The van der Waals surface area contributed by atoms with Crippen LogP contribution in [0.25, 0.3) is 11.0 Å². The lowest BCUT2D eigenvalue weighted by Gasteiger charge is -2.10. The number of fused-ring (bicyclic) bond motifs is 1. The summed E-state index contributed by atoms with van der Waals surface area (Å²) in [5.74, 6) is 1.20. The molecule has 1 atom stereocenters. The van der Waals surface area contributed by atoms with Crippen LogP contribution in [0.5, 0.6) is 5.75 Å². The van der Waals surface area contributed by atoms with Crippen molar-refractivity contribution >= 4 is 22.7 Å². The molecule has 8 nitrogen and oxygen atoms in total. The largest absolute Gasteiger partial charge is 0.497 e. The number of ether oxygens (including phenoxy) is 2. The van der Waals surface area contributed by atoms with Crippen LogP contribution >= 0.6 is 11.8 Å². The van der Waals surface area contributed by atoms with E-state index < -0.39 is 0 Å². The Bertz CT molecular complexity index is 965. The molecule has 4 rings (SSSR count). The van der Waals surface area contributed by atoms with Crippen LogP contribution in [0.4, 0.5) is 0 Å². The van der Waals surface area contributed by atoms with E-state index in [1.165, 1.54) is 17.8 Å². The topological polar surface area (TPSA) is 92.3 Å². The van der Waals surface area contributed by atoms with Crippen molar-refractivity contribution in [2.45, 2.75) is 36.4 Å². The first kappa shape index (κ1) is 17.0. The van der Waals surface area contributed by atoms with Gasteiger partial charge in [-0.1, -0.05) is 11.8 Å². The minimum atomic E-state index is -0.389. The Hall–Kier alpha value is -2.39. The molecule has 0 amide bonds. The van der Waals surface area contributed by atoms with Crippen LogP contribution in [0.1, 0.15) is 18.4 Å². The second kappa shape index (κ2) is 7.46. The highest BCUT2D eigenvalue weighted by Gasteiger charge is 2.19. The maximum absolute atomic E-state index is 11.9. The average Bonchev–Trinajstić information content (AvgIpc) is 3.31. The van der Waals surface area contributed by atoms with Crippen LogP contribution in [0.15, 0.2) is 38.6 Å². The minimum absolute atomic E-state index is 0.162. The Morgan fingerprint density at radius 3 is 3.12 bits per heavy atom. The van der Waals surface area contributed by atoms with Crippen molar-refractivity contribution in [3.63, 3.8) is 0 Å². The van der Waals surface area contributed by atoms with Crippen molar-refractivity contribution in [3.8, 4) is 5.75 Å². The monoisotopic (exact) mass is 374 g/mol. The van der Waals surface area contributed by atoms with Gasteiger partial charge in [-0.15, -0.1) is 5.10 Å². The Morgan fingerprint density at radius 1 is 1.38 bits per heavy atom. The summed E-state index contributed by atoms with van der Waals surface area (Å²) >= 11 is 1.48. The highest BCUT2D eigenvalue weighted by atomic mass is 32.2. The van der Waals surface area contributed by atoms with Crippen LogP contribution in [-0.2, 0) is 17.0 Å².